The van der Waals surface area contributed by atoms with Crippen LogP contribution in [0, 0.1) is 20.8 Å². The van der Waals surface area contributed by atoms with Gasteiger partial charge in [-0.25, -0.2) is 4.98 Å². The number of carbonyl (C=O) groups is 1. The minimum absolute atomic E-state index is 0.102. The standard InChI is InChI=1S/C24H21N5O2/c1-14-10-15(2)24-18(11-14)20(28-31-24)13-23(30)26-22-12-16(3)27-29(22)21-9-8-17-6-4-5-7-19(17)25-21/h4-12H,13H2,1-3H3,(H,26,30). The number of para-hydroxylation sites is 1. The second-order valence-electron chi connectivity index (χ2n) is 7.76. The summed E-state index contributed by atoms with van der Waals surface area (Å²) in [6.45, 7) is 5.87. The Labute approximate surface area is 178 Å². The van der Waals surface area contributed by atoms with Crippen molar-refractivity contribution < 1.29 is 9.32 Å². The highest BCUT2D eigenvalue weighted by Crippen LogP contribution is 2.25. The summed E-state index contributed by atoms with van der Waals surface area (Å²) in [6.07, 6.45) is 0.102. The molecule has 1 N–H and O–H groups in total. The molecule has 0 spiro atoms. The Morgan fingerprint density at radius 2 is 1.90 bits per heavy atom. The Morgan fingerprint density at radius 1 is 1.06 bits per heavy atom. The largest absolute Gasteiger partial charge is 0.356 e. The summed E-state index contributed by atoms with van der Waals surface area (Å²) in [7, 11) is 0. The minimum Gasteiger partial charge on any atom is -0.356 e. The summed E-state index contributed by atoms with van der Waals surface area (Å²) in [6, 6.07) is 17.6. The van der Waals surface area contributed by atoms with Crippen molar-refractivity contribution in [1.82, 2.24) is 19.9 Å². The van der Waals surface area contributed by atoms with Crippen LogP contribution < -0.4 is 5.32 Å². The lowest BCUT2D eigenvalue weighted by Gasteiger charge is -2.09. The number of nitrogens with zero attached hydrogens (tertiary/aromatic N) is 4. The van der Waals surface area contributed by atoms with Crippen LogP contribution in [-0.4, -0.2) is 25.8 Å². The number of amides is 1. The lowest BCUT2D eigenvalue weighted by Crippen LogP contribution is -2.17. The van der Waals surface area contributed by atoms with E-state index in [9.17, 15) is 4.79 Å². The molecule has 31 heavy (non-hydrogen) atoms. The molecule has 0 unspecified atom stereocenters. The van der Waals surface area contributed by atoms with E-state index in [0.29, 0.717) is 17.3 Å². The van der Waals surface area contributed by atoms with Crippen molar-refractivity contribution in [3.63, 3.8) is 0 Å². The fraction of sp³-hybridized carbons (Fsp3) is 0.167. The molecule has 7 nitrogen and oxygen atoms in total. The first-order valence-corrected chi connectivity index (χ1v) is 10.1. The number of hydrogen-bond acceptors (Lipinski definition) is 5. The summed E-state index contributed by atoms with van der Waals surface area (Å²) in [5, 5.41) is 13.5. The smallest absolute Gasteiger partial charge is 0.231 e. The molecule has 1 amide bonds. The van der Waals surface area contributed by atoms with E-state index in [1.165, 1.54) is 0 Å². The number of anilines is 1. The zero-order chi connectivity index (χ0) is 21.5. The number of benzene rings is 2. The quantitative estimate of drug-likeness (QED) is 0.465. The average molecular weight is 411 g/mol. The predicted octanol–water partition coefficient (Wildman–Crippen LogP) is 4.67. The van der Waals surface area contributed by atoms with Crippen LogP contribution in [0.25, 0.3) is 27.7 Å². The van der Waals surface area contributed by atoms with Gasteiger partial charge >= 0.3 is 0 Å². The van der Waals surface area contributed by atoms with E-state index >= 15 is 0 Å². The zero-order valence-electron chi connectivity index (χ0n) is 17.5. The Kier molecular flexibility index (Phi) is 4.51. The van der Waals surface area contributed by atoms with E-state index in [0.717, 1.165) is 38.7 Å². The molecular weight excluding hydrogens is 390 g/mol. The number of nitrogens with one attached hydrogen (secondary N) is 1. The first-order valence-electron chi connectivity index (χ1n) is 10.1. The SMILES string of the molecule is Cc1cc(C)c2onc(CC(=O)Nc3cc(C)nn3-c3ccc4ccccc4n3)c2c1. The van der Waals surface area contributed by atoms with Crippen LogP contribution in [0.1, 0.15) is 22.5 Å². The van der Waals surface area contributed by atoms with E-state index in [4.69, 9.17) is 4.52 Å². The van der Waals surface area contributed by atoms with E-state index in [-0.39, 0.29) is 12.3 Å². The van der Waals surface area contributed by atoms with E-state index in [1.54, 1.807) is 4.68 Å². The van der Waals surface area contributed by atoms with Crippen LogP contribution >= 0.6 is 0 Å². The maximum Gasteiger partial charge on any atom is 0.231 e. The molecule has 5 rings (SSSR count). The van der Waals surface area contributed by atoms with Crippen molar-refractivity contribution in [3.05, 3.63) is 77.1 Å². The number of carbonyl (C=O) groups excluding carboxylic acids is 1. The highest BCUT2D eigenvalue weighted by Gasteiger charge is 2.17. The van der Waals surface area contributed by atoms with Crippen molar-refractivity contribution in [2.75, 3.05) is 5.32 Å². The maximum absolute atomic E-state index is 12.8. The molecule has 0 atom stereocenters. The zero-order valence-corrected chi connectivity index (χ0v) is 17.5. The van der Waals surface area contributed by atoms with Crippen LogP contribution in [0.2, 0.25) is 0 Å². The van der Waals surface area contributed by atoms with Crippen LogP contribution in [0.4, 0.5) is 5.82 Å². The Hall–Kier alpha value is -4.00. The van der Waals surface area contributed by atoms with Crippen molar-refractivity contribution in [2.24, 2.45) is 0 Å². The minimum atomic E-state index is -0.198. The summed E-state index contributed by atoms with van der Waals surface area (Å²) >= 11 is 0. The molecule has 5 aromatic rings. The highest BCUT2D eigenvalue weighted by molar-refractivity contribution is 5.95. The fourth-order valence-electron chi connectivity index (χ4n) is 3.84. The molecule has 7 heteroatoms. The third-order valence-electron chi connectivity index (χ3n) is 5.20. The van der Waals surface area contributed by atoms with Gasteiger partial charge in [0, 0.05) is 16.8 Å². The van der Waals surface area contributed by atoms with Gasteiger partial charge < -0.3 is 9.84 Å². The molecule has 0 fully saturated rings. The fourth-order valence-corrected chi connectivity index (χ4v) is 3.84. The summed E-state index contributed by atoms with van der Waals surface area (Å²) in [5.74, 6) is 1.00. The summed E-state index contributed by atoms with van der Waals surface area (Å²) in [5.41, 5.74) is 5.09. The highest BCUT2D eigenvalue weighted by atomic mass is 16.5. The Balaban J connectivity index is 1.44. The van der Waals surface area contributed by atoms with E-state index < -0.39 is 0 Å². The topological polar surface area (TPSA) is 85.8 Å². The number of aromatic nitrogens is 4. The second-order valence-corrected chi connectivity index (χ2v) is 7.76. The third-order valence-corrected chi connectivity index (χ3v) is 5.20. The van der Waals surface area contributed by atoms with Gasteiger partial charge in [0.2, 0.25) is 5.91 Å². The first-order chi connectivity index (χ1) is 15.0. The first kappa shape index (κ1) is 19.0. The van der Waals surface area contributed by atoms with Crippen molar-refractivity contribution in [2.45, 2.75) is 27.2 Å². The molecule has 154 valence electrons. The normalized spacial score (nSPS) is 11.3. The van der Waals surface area contributed by atoms with Gasteiger partial charge in [0.25, 0.3) is 0 Å². The third kappa shape index (κ3) is 3.54. The molecule has 3 heterocycles. The Bertz CT molecular complexity index is 1450. The van der Waals surface area contributed by atoms with Gasteiger partial charge in [-0.15, -0.1) is 0 Å². The lowest BCUT2D eigenvalue weighted by atomic mass is 10.1. The molecule has 3 aromatic heterocycles. The van der Waals surface area contributed by atoms with Gasteiger partial charge in [-0.05, 0) is 56.2 Å². The van der Waals surface area contributed by atoms with E-state index in [1.807, 2.05) is 75.4 Å². The number of aryl methyl sites for hydroxylation is 3. The summed E-state index contributed by atoms with van der Waals surface area (Å²) < 4.78 is 7.11. The van der Waals surface area contributed by atoms with Crippen molar-refractivity contribution in [3.8, 4) is 5.82 Å². The lowest BCUT2D eigenvalue weighted by molar-refractivity contribution is -0.115. The second kappa shape index (κ2) is 7.36. The number of hydrogen-bond donors (Lipinski definition) is 1. The molecule has 0 saturated carbocycles. The van der Waals surface area contributed by atoms with E-state index in [2.05, 4.69) is 20.6 Å². The van der Waals surface area contributed by atoms with Gasteiger partial charge in [-0.1, -0.05) is 29.4 Å². The van der Waals surface area contributed by atoms with Gasteiger partial charge in [-0.2, -0.15) is 9.78 Å². The molecule has 0 aliphatic heterocycles. The molecule has 0 saturated heterocycles. The Morgan fingerprint density at radius 3 is 2.77 bits per heavy atom. The van der Waals surface area contributed by atoms with Crippen LogP contribution in [0.5, 0.6) is 0 Å². The number of rotatable bonds is 4. The van der Waals surface area contributed by atoms with Crippen LogP contribution in [0.15, 0.2) is 59.1 Å². The maximum atomic E-state index is 12.8. The van der Waals surface area contributed by atoms with Gasteiger partial charge in [-0.3, -0.25) is 4.79 Å². The van der Waals surface area contributed by atoms with Gasteiger partial charge in [0.1, 0.15) is 11.5 Å². The van der Waals surface area contributed by atoms with Gasteiger partial charge in [0.05, 0.1) is 17.6 Å². The molecule has 0 radical (unpaired) electrons. The predicted molar refractivity (Wildman–Crippen MR) is 119 cm³/mol. The van der Waals surface area contributed by atoms with Crippen molar-refractivity contribution >= 4 is 33.6 Å². The average Bonchev–Trinajstić information content (AvgIpc) is 3.31. The van der Waals surface area contributed by atoms with Crippen LogP contribution in [-0.2, 0) is 11.2 Å². The monoisotopic (exact) mass is 411 g/mol. The number of fused-ring (bicyclic) bond motifs is 2. The molecule has 0 bridgehead atoms. The molecular formula is C24H21N5O2. The molecule has 0 aliphatic carbocycles. The van der Waals surface area contributed by atoms with Crippen molar-refractivity contribution in [1.29, 1.82) is 0 Å². The molecule has 0 aliphatic rings. The number of pyridine rings is 1. The van der Waals surface area contributed by atoms with Crippen LogP contribution in [0.3, 0.4) is 0 Å². The summed E-state index contributed by atoms with van der Waals surface area (Å²) in [4.78, 5) is 17.5. The molecule has 2 aromatic carbocycles. The van der Waals surface area contributed by atoms with Gasteiger partial charge in [0.15, 0.2) is 11.4 Å².